The van der Waals surface area contributed by atoms with Gasteiger partial charge < -0.3 is 4.74 Å². The summed E-state index contributed by atoms with van der Waals surface area (Å²) in [5, 5.41) is 0. The first-order chi connectivity index (χ1) is 7.33. The second-order valence-electron chi connectivity index (χ2n) is 3.61. The standard InChI is InChI=1S/C11H14N2O2/c12-13-11(14)9-6-7-15-10(9)8-4-2-1-3-5-8/h1-5,9-10H,6-7,12H2,(H,13,14). The number of hydrazine groups is 1. The largest absolute Gasteiger partial charge is 0.373 e. The molecule has 1 saturated heterocycles. The quantitative estimate of drug-likeness (QED) is 0.426. The third kappa shape index (κ3) is 2.00. The van der Waals surface area contributed by atoms with Crippen LogP contribution in [0.5, 0.6) is 0 Å². The Hall–Kier alpha value is -1.39. The summed E-state index contributed by atoms with van der Waals surface area (Å²) in [5.74, 6) is 4.82. The van der Waals surface area contributed by atoms with E-state index in [0.717, 1.165) is 12.0 Å². The van der Waals surface area contributed by atoms with E-state index in [0.29, 0.717) is 6.61 Å². The van der Waals surface area contributed by atoms with Gasteiger partial charge in [0, 0.05) is 6.61 Å². The minimum absolute atomic E-state index is 0.152. The van der Waals surface area contributed by atoms with Crippen LogP contribution in [-0.4, -0.2) is 12.5 Å². The summed E-state index contributed by atoms with van der Waals surface area (Å²) in [6, 6.07) is 9.75. The molecule has 1 aromatic carbocycles. The Bertz CT molecular complexity index is 340. The van der Waals surface area contributed by atoms with Gasteiger partial charge in [0.05, 0.1) is 12.0 Å². The maximum atomic E-state index is 11.5. The van der Waals surface area contributed by atoms with E-state index in [9.17, 15) is 4.79 Å². The van der Waals surface area contributed by atoms with Crippen LogP contribution in [0.3, 0.4) is 0 Å². The Morgan fingerprint density at radius 3 is 2.80 bits per heavy atom. The highest BCUT2D eigenvalue weighted by molar-refractivity contribution is 5.79. The molecule has 1 heterocycles. The number of amides is 1. The molecule has 0 saturated carbocycles. The maximum absolute atomic E-state index is 11.5. The summed E-state index contributed by atoms with van der Waals surface area (Å²) >= 11 is 0. The zero-order chi connectivity index (χ0) is 10.7. The van der Waals surface area contributed by atoms with Gasteiger partial charge in [0.1, 0.15) is 0 Å². The van der Waals surface area contributed by atoms with E-state index in [4.69, 9.17) is 10.6 Å². The average molecular weight is 206 g/mol. The van der Waals surface area contributed by atoms with Crippen LogP contribution in [0.25, 0.3) is 0 Å². The molecule has 0 aliphatic carbocycles. The fourth-order valence-corrected chi connectivity index (χ4v) is 1.94. The Balaban J connectivity index is 2.18. The lowest BCUT2D eigenvalue weighted by molar-refractivity contribution is -0.126. The molecule has 4 nitrogen and oxygen atoms in total. The van der Waals surface area contributed by atoms with E-state index in [1.54, 1.807) is 0 Å². The van der Waals surface area contributed by atoms with Crippen molar-refractivity contribution in [2.45, 2.75) is 12.5 Å². The van der Waals surface area contributed by atoms with Gasteiger partial charge in [-0.3, -0.25) is 10.2 Å². The van der Waals surface area contributed by atoms with E-state index in [1.807, 2.05) is 30.3 Å². The molecule has 80 valence electrons. The first-order valence-electron chi connectivity index (χ1n) is 5.00. The normalized spacial score (nSPS) is 25.1. The zero-order valence-electron chi connectivity index (χ0n) is 8.35. The second kappa shape index (κ2) is 4.42. The van der Waals surface area contributed by atoms with Crippen LogP contribution in [0.4, 0.5) is 0 Å². The summed E-state index contributed by atoms with van der Waals surface area (Å²) in [5.41, 5.74) is 3.22. The van der Waals surface area contributed by atoms with Crippen LogP contribution < -0.4 is 11.3 Å². The Kier molecular flexibility index (Phi) is 2.99. The maximum Gasteiger partial charge on any atom is 0.240 e. The highest BCUT2D eigenvalue weighted by atomic mass is 16.5. The summed E-state index contributed by atoms with van der Waals surface area (Å²) in [6.07, 6.45) is 0.567. The van der Waals surface area contributed by atoms with Crippen LogP contribution in [0.1, 0.15) is 18.1 Å². The number of nitrogens with two attached hydrogens (primary N) is 1. The fourth-order valence-electron chi connectivity index (χ4n) is 1.94. The average Bonchev–Trinajstić information content (AvgIpc) is 2.78. The predicted molar refractivity (Wildman–Crippen MR) is 55.6 cm³/mol. The van der Waals surface area contributed by atoms with E-state index in [1.165, 1.54) is 0 Å². The lowest BCUT2D eigenvalue weighted by atomic mass is 9.95. The van der Waals surface area contributed by atoms with Crippen molar-refractivity contribution in [1.82, 2.24) is 5.43 Å². The molecule has 1 amide bonds. The van der Waals surface area contributed by atoms with Crippen molar-refractivity contribution in [3.63, 3.8) is 0 Å². The lowest BCUT2D eigenvalue weighted by Gasteiger charge is -2.16. The molecule has 1 aliphatic rings. The molecular weight excluding hydrogens is 192 g/mol. The number of rotatable bonds is 2. The van der Waals surface area contributed by atoms with Gasteiger partial charge in [0.25, 0.3) is 0 Å². The topological polar surface area (TPSA) is 64.3 Å². The minimum atomic E-state index is -0.169. The molecule has 1 aromatic rings. The molecule has 2 atom stereocenters. The Morgan fingerprint density at radius 1 is 1.40 bits per heavy atom. The van der Waals surface area contributed by atoms with Crippen LogP contribution >= 0.6 is 0 Å². The number of nitrogens with one attached hydrogen (secondary N) is 1. The lowest BCUT2D eigenvalue weighted by Crippen LogP contribution is -2.37. The van der Waals surface area contributed by atoms with Crippen LogP contribution in [-0.2, 0) is 9.53 Å². The highest BCUT2D eigenvalue weighted by Gasteiger charge is 2.34. The van der Waals surface area contributed by atoms with Crippen molar-refractivity contribution in [3.05, 3.63) is 35.9 Å². The van der Waals surface area contributed by atoms with E-state index in [2.05, 4.69) is 5.43 Å². The molecule has 0 aromatic heterocycles. The molecule has 1 aliphatic heterocycles. The number of carbonyl (C=O) groups is 1. The predicted octanol–water partition coefficient (Wildman–Crippen LogP) is 0.754. The van der Waals surface area contributed by atoms with Crippen molar-refractivity contribution >= 4 is 5.91 Å². The summed E-state index contributed by atoms with van der Waals surface area (Å²) in [6.45, 7) is 0.609. The summed E-state index contributed by atoms with van der Waals surface area (Å²) in [7, 11) is 0. The summed E-state index contributed by atoms with van der Waals surface area (Å²) in [4.78, 5) is 11.5. The molecule has 3 N–H and O–H groups in total. The van der Waals surface area contributed by atoms with Gasteiger partial charge in [-0.2, -0.15) is 0 Å². The van der Waals surface area contributed by atoms with Crippen LogP contribution in [0.2, 0.25) is 0 Å². The minimum Gasteiger partial charge on any atom is -0.373 e. The van der Waals surface area contributed by atoms with Gasteiger partial charge in [-0.15, -0.1) is 0 Å². The number of ether oxygens (including phenoxy) is 1. The van der Waals surface area contributed by atoms with Crippen molar-refractivity contribution in [2.75, 3.05) is 6.61 Å². The Labute approximate surface area is 88.4 Å². The smallest absolute Gasteiger partial charge is 0.240 e. The molecule has 0 bridgehead atoms. The van der Waals surface area contributed by atoms with Gasteiger partial charge in [-0.05, 0) is 12.0 Å². The van der Waals surface area contributed by atoms with Gasteiger partial charge in [-0.25, -0.2) is 5.84 Å². The van der Waals surface area contributed by atoms with Crippen LogP contribution in [0.15, 0.2) is 30.3 Å². The van der Waals surface area contributed by atoms with E-state index >= 15 is 0 Å². The van der Waals surface area contributed by atoms with Gasteiger partial charge >= 0.3 is 0 Å². The number of carbonyl (C=O) groups excluding carboxylic acids is 1. The molecule has 4 heteroatoms. The number of hydrogen-bond acceptors (Lipinski definition) is 3. The third-order valence-corrected chi connectivity index (χ3v) is 2.70. The van der Waals surface area contributed by atoms with Gasteiger partial charge in [0.2, 0.25) is 5.91 Å². The number of benzene rings is 1. The first-order valence-corrected chi connectivity index (χ1v) is 5.00. The fraction of sp³-hybridized carbons (Fsp3) is 0.364. The van der Waals surface area contributed by atoms with Crippen LogP contribution in [0, 0.1) is 5.92 Å². The SMILES string of the molecule is NNC(=O)C1CCOC1c1ccccc1. The second-order valence-corrected chi connectivity index (χ2v) is 3.61. The molecular formula is C11H14N2O2. The van der Waals surface area contributed by atoms with Crippen molar-refractivity contribution in [3.8, 4) is 0 Å². The third-order valence-electron chi connectivity index (χ3n) is 2.70. The first kappa shape index (κ1) is 10.1. The van der Waals surface area contributed by atoms with E-state index < -0.39 is 0 Å². The number of hydrogen-bond donors (Lipinski definition) is 2. The van der Waals surface area contributed by atoms with E-state index in [-0.39, 0.29) is 17.9 Å². The molecule has 2 rings (SSSR count). The molecule has 0 spiro atoms. The van der Waals surface area contributed by atoms with Gasteiger partial charge in [0.15, 0.2) is 0 Å². The molecule has 1 fully saturated rings. The molecule has 2 unspecified atom stereocenters. The zero-order valence-corrected chi connectivity index (χ0v) is 8.35. The highest BCUT2D eigenvalue weighted by Crippen LogP contribution is 2.34. The van der Waals surface area contributed by atoms with Gasteiger partial charge in [-0.1, -0.05) is 30.3 Å². The monoisotopic (exact) mass is 206 g/mol. The molecule has 15 heavy (non-hydrogen) atoms. The van der Waals surface area contributed by atoms with Crippen molar-refractivity contribution in [1.29, 1.82) is 0 Å². The molecule has 0 radical (unpaired) electrons. The van der Waals surface area contributed by atoms with Crippen molar-refractivity contribution in [2.24, 2.45) is 11.8 Å². The summed E-state index contributed by atoms with van der Waals surface area (Å²) < 4.78 is 5.56. The Morgan fingerprint density at radius 2 is 2.13 bits per heavy atom. The van der Waals surface area contributed by atoms with Crippen molar-refractivity contribution < 1.29 is 9.53 Å².